The lowest BCUT2D eigenvalue weighted by Gasteiger charge is -2.16. The Morgan fingerprint density at radius 2 is 1.95 bits per heavy atom. The summed E-state index contributed by atoms with van der Waals surface area (Å²) in [6.07, 6.45) is 1.60. The van der Waals surface area contributed by atoms with Crippen molar-refractivity contribution in [2.24, 2.45) is 7.05 Å². The van der Waals surface area contributed by atoms with Crippen LogP contribution in [-0.2, 0) is 11.8 Å². The molecule has 10 nitrogen and oxygen atoms in total. The van der Waals surface area contributed by atoms with Gasteiger partial charge in [-0.05, 0) is 50.2 Å². The van der Waals surface area contributed by atoms with Gasteiger partial charge in [-0.3, -0.25) is 14.9 Å². The van der Waals surface area contributed by atoms with E-state index in [2.05, 4.69) is 20.4 Å². The van der Waals surface area contributed by atoms with E-state index in [0.29, 0.717) is 53.3 Å². The summed E-state index contributed by atoms with van der Waals surface area (Å²) >= 11 is 1.32. The maximum Gasteiger partial charge on any atom is 0.263 e. The van der Waals surface area contributed by atoms with Crippen LogP contribution >= 0.6 is 11.3 Å². The van der Waals surface area contributed by atoms with Gasteiger partial charge in [0.15, 0.2) is 17.1 Å². The van der Waals surface area contributed by atoms with Gasteiger partial charge in [-0.1, -0.05) is 0 Å². The fourth-order valence-electron chi connectivity index (χ4n) is 4.15. The van der Waals surface area contributed by atoms with Gasteiger partial charge in [0, 0.05) is 55.3 Å². The zero-order valence-electron chi connectivity index (χ0n) is 20.7. The number of carbonyl (C=O) groups excluding carboxylic acids is 2. The molecule has 1 aliphatic heterocycles. The molecule has 2 aromatic carbocycles. The number of hydrogen-bond donors (Lipinski definition) is 1. The number of likely N-dealkylation sites (N-methyl/N-ethyl adjacent to an activating group) is 1. The maximum atomic E-state index is 13.0. The van der Waals surface area contributed by atoms with E-state index < -0.39 is 6.10 Å². The van der Waals surface area contributed by atoms with Crippen molar-refractivity contribution in [3.8, 4) is 28.6 Å². The normalized spacial score (nSPS) is 15.2. The molecule has 1 N–H and O–H groups in total. The third-order valence-corrected chi connectivity index (χ3v) is 6.61. The molecule has 0 aliphatic carbocycles. The zero-order chi connectivity index (χ0) is 25.9. The zero-order valence-corrected chi connectivity index (χ0v) is 21.5. The fraction of sp³-hybridized carbons (Fsp3) is 0.269. The minimum absolute atomic E-state index is 0.0581. The van der Waals surface area contributed by atoms with Crippen LogP contribution in [0.2, 0.25) is 0 Å². The summed E-state index contributed by atoms with van der Waals surface area (Å²) < 4.78 is 13.9. The maximum absolute atomic E-state index is 13.0. The largest absolute Gasteiger partial charge is 0.480 e. The van der Waals surface area contributed by atoms with Gasteiger partial charge in [0.1, 0.15) is 23.1 Å². The van der Waals surface area contributed by atoms with E-state index in [9.17, 15) is 9.59 Å². The molecule has 1 unspecified atom stereocenters. The highest BCUT2D eigenvalue weighted by Gasteiger charge is 2.32. The van der Waals surface area contributed by atoms with Gasteiger partial charge in [-0.15, -0.1) is 11.3 Å². The van der Waals surface area contributed by atoms with Gasteiger partial charge >= 0.3 is 0 Å². The predicted molar refractivity (Wildman–Crippen MR) is 139 cm³/mol. The number of ether oxygens (including phenoxy) is 2. The second-order valence-corrected chi connectivity index (χ2v) is 9.42. The highest BCUT2D eigenvalue weighted by molar-refractivity contribution is 7.13. The number of rotatable bonds is 8. The minimum atomic E-state index is -0.598. The fourth-order valence-corrected chi connectivity index (χ4v) is 4.68. The van der Waals surface area contributed by atoms with Crippen LogP contribution < -0.4 is 14.8 Å². The highest BCUT2D eigenvalue weighted by atomic mass is 32.1. The van der Waals surface area contributed by atoms with Crippen molar-refractivity contribution in [3.05, 3.63) is 65.4 Å². The van der Waals surface area contributed by atoms with Crippen molar-refractivity contribution in [2.75, 3.05) is 18.4 Å². The number of aromatic nitrogens is 4. The Bertz CT molecular complexity index is 1420. The molecular weight excluding hydrogens is 492 g/mol. The molecule has 1 aliphatic rings. The number of benzene rings is 2. The van der Waals surface area contributed by atoms with Gasteiger partial charge in [-0.25, -0.2) is 14.6 Å². The van der Waals surface area contributed by atoms with Gasteiger partial charge in [0.25, 0.3) is 11.8 Å². The molecule has 1 saturated heterocycles. The average molecular weight is 519 g/mol. The Labute approximate surface area is 217 Å². The lowest BCUT2D eigenvalue weighted by atomic mass is 10.1. The smallest absolute Gasteiger partial charge is 0.263 e. The van der Waals surface area contributed by atoms with Crippen LogP contribution in [0.25, 0.3) is 11.4 Å². The molecular formula is C26H26N6O4S. The predicted octanol–water partition coefficient (Wildman–Crippen LogP) is 4.29. The Kier molecular flexibility index (Phi) is 6.87. The first-order chi connectivity index (χ1) is 17.9. The number of nitrogens with zero attached hydrogens (tertiary/aromatic N) is 5. The molecule has 2 aromatic heterocycles. The van der Waals surface area contributed by atoms with Gasteiger partial charge in [0.05, 0.1) is 0 Å². The lowest BCUT2D eigenvalue weighted by molar-refractivity contribution is -0.133. The van der Waals surface area contributed by atoms with E-state index in [4.69, 9.17) is 9.47 Å². The summed E-state index contributed by atoms with van der Waals surface area (Å²) in [6, 6.07) is 12.4. The first kappa shape index (κ1) is 24.4. The molecule has 190 valence electrons. The van der Waals surface area contributed by atoms with E-state index in [0.717, 1.165) is 11.4 Å². The molecule has 11 heteroatoms. The SMILES string of the molecule is CCN1CCC(Oc2cc(Oc3ccc(-c4nc(C)nn4C)cc3)cc(C(=O)Nc3nccs3)c2)C1=O. The van der Waals surface area contributed by atoms with Crippen LogP contribution in [0.5, 0.6) is 17.2 Å². The van der Waals surface area contributed by atoms with Crippen molar-refractivity contribution in [1.29, 1.82) is 0 Å². The Balaban J connectivity index is 1.40. The lowest BCUT2D eigenvalue weighted by Crippen LogP contribution is -2.32. The third kappa shape index (κ3) is 5.46. The van der Waals surface area contributed by atoms with E-state index in [-0.39, 0.29) is 11.8 Å². The second kappa shape index (κ2) is 10.4. The molecule has 0 saturated carbocycles. The Morgan fingerprint density at radius 1 is 1.16 bits per heavy atom. The summed E-state index contributed by atoms with van der Waals surface area (Å²) in [6.45, 7) is 5.06. The highest BCUT2D eigenvalue weighted by Crippen LogP contribution is 2.31. The third-order valence-electron chi connectivity index (χ3n) is 5.92. The number of likely N-dealkylation sites (tertiary alicyclic amines) is 1. The molecule has 4 aromatic rings. The van der Waals surface area contributed by atoms with Crippen molar-refractivity contribution in [2.45, 2.75) is 26.4 Å². The van der Waals surface area contributed by atoms with Gasteiger partial charge < -0.3 is 14.4 Å². The van der Waals surface area contributed by atoms with Crippen LogP contribution in [0.15, 0.2) is 54.0 Å². The Morgan fingerprint density at radius 3 is 2.59 bits per heavy atom. The number of carbonyl (C=O) groups is 2. The minimum Gasteiger partial charge on any atom is -0.480 e. The number of aryl methyl sites for hydroxylation is 2. The van der Waals surface area contributed by atoms with E-state index in [1.54, 1.807) is 39.4 Å². The van der Waals surface area contributed by atoms with Crippen molar-refractivity contribution >= 4 is 28.3 Å². The number of amides is 2. The van der Waals surface area contributed by atoms with E-state index in [1.165, 1.54) is 11.3 Å². The monoisotopic (exact) mass is 518 g/mol. The van der Waals surface area contributed by atoms with E-state index in [1.807, 2.05) is 45.2 Å². The average Bonchev–Trinajstić information content (AvgIpc) is 3.60. The van der Waals surface area contributed by atoms with Crippen LogP contribution in [0.3, 0.4) is 0 Å². The Hall–Kier alpha value is -4.25. The first-order valence-electron chi connectivity index (χ1n) is 11.9. The summed E-state index contributed by atoms with van der Waals surface area (Å²) in [5, 5.41) is 9.33. The molecule has 0 spiro atoms. The van der Waals surface area contributed by atoms with Crippen molar-refractivity contribution in [1.82, 2.24) is 24.6 Å². The summed E-state index contributed by atoms with van der Waals surface area (Å²) in [5.74, 6) is 2.39. The molecule has 2 amide bonds. The summed E-state index contributed by atoms with van der Waals surface area (Å²) in [5.41, 5.74) is 1.22. The van der Waals surface area contributed by atoms with Gasteiger partial charge in [-0.2, -0.15) is 5.10 Å². The number of anilines is 1. The van der Waals surface area contributed by atoms with Crippen LogP contribution in [-0.4, -0.2) is 55.7 Å². The quantitative estimate of drug-likeness (QED) is 0.370. The molecule has 3 heterocycles. The molecule has 1 fully saturated rings. The van der Waals surface area contributed by atoms with Crippen LogP contribution in [0.1, 0.15) is 29.5 Å². The van der Waals surface area contributed by atoms with E-state index >= 15 is 0 Å². The van der Waals surface area contributed by atoms with Crippen LogP contribution in [0, 0.1) is 6.92 Å². The second-order valence-electron chi connectivity index (χ2n) is 8.53. The number of hydrogen-bond acceptors (Lipinski definition) is 8. The number of thiazole rings is 1. The van der Waals surface area contributed by atoms with Crippen molar-refractivity contribution < 1.29 is 19.1 Å². The standard InChI is InChI=1S/C26H26N6O4S/c1-4-32-11-9-22(25(32)34)36-21-14-18(24(33)29-26-27-10-12-37-26)13-20(15-21)35-19-7-5-17(6-8-19)23-28-16(2)30-31(23)3/h5-8,10,12-15,22H,4,9,11H2,1-3H3,(H,27,29,33). The molecule has 0 bridgehead atoms. The van der Waals surface area contributed by atoms with Crippen molar-refractivity contribution in [3.63, 3.8) is 0 Å². The molecule has 37 heavy (non-hydrogen) atoms. The van der Waals surface area contributed by atoms with Crippen LogP contribution in [0.4, 0.5) is 5.13 Å². The summed E-state index contributed by atoms with van der Waals surface area (Å²) in [7, 11) is 1.85. The first-order valence-corrected chi connectivity index (χ1v) is 12.7. The summed E-state index contributed by atoms with van der Waals surface area (Å²) in [4.78, 5) is 35.9. The molecule has 5 rings (SSSR count). The van der Waals surface area contributed by atoms with Gasteiger partial charge in [0.2, 0.25) is 0 Å². The topological polar surface area (TPSA) is 111 Å². The molecule has 0 radical (unpaired) electrons. The molecule has 1 atom stereocenters. The number of nitrogens with one attached hydrogen (secondary N) is 1.